The van der Waals surface area contributed by atoms with Crippen LogP contribution in [0.4, 0.5) is 10.5 Å². The van der Waals surface area contributed by atoms with Gasteiger partial charge in [-0.05, 0) is 24.6 Å². The molecule has 0 spiro atoms. The maximum atomic E-state index is 11.4. The third kappa shape index (κ3) is 4.84. The SMILES string of the molecule is CC(O)c1cccc(NC(=O)NCCC(N)=O)c1. The first kappa shape index (κ1) is 14.0. The number of hydrogen-bond acceptors (Lipinski definition) is 3. The molecule has 18 heavy (non-hydrogen) atoms. The predicted octanol–water partition coefficient (Wildman–Crippen LogP) is 0.737. The molecule has 0 aromatic heterocycles. The molecule has 3 amide bonds. The second-order valence-electron chi connectivity index (χ2n) is 3.90. The Kier molecular flexibility index (Phi) is 5.13. The zero-order chi connectivity index (χ0) is 13.5. The summed E-state index contributed by atoms with van der Waals surface area (Å²) >= 11 is 0. The van der Waals surface area contributed by atoms with Gasteiger partial charge in [-0.3, -0.25) is 4.79 Å². The molecule has 0 radical (unpaired) electrons. The molecule has 0 saturated heterocycles. The molecule has 1 rings (SSSR count). The van der Waals surface area contributed by atoms with Gasteiger partial charge in [0.2, 0.25) is 5.91 Å². The van der Waals surface area contributed by atoms with Gasteiger partial charge in [-0.15, -0.1) is 0 Å². The van der Waals surface area contributed by atoms with Crippen molar-refractivity contribution in [2.45, 2.75) is 19.4 Å². The van der Waals surface area contributed by atoms with Gasteiger partial charge in [-0.25, -0.2) is 4.79 Å². The lowest BCUT2D eigenvalue weighted by molar-refractivity contribution is -0.117. The molecular formula is C12H17N3O3. The maximum absolute atomic E-state index is 11.4. The van der Waals surface area contributed by atoms with Crippen LogP contribution in [0, 0.1) is 0 Å². The first-order valence-corrected chi connectivity index (χ1v) is 5.60. The Hall–Kier alpha value is -2.08. The van der Waals surface area contributed by atoms with Gasteiger partial charge >= 0.3 is 6.03 Å². The molecule has 1 unspecified atom stereocenters. The van der Waals surface area contributed by atoms with Crippen molar-refractivity contribution in [3.8, 4) is 0 Å². The van der Waals surface area contributed by atoms with Crippen LogP contribution in [0.3, 0.4) is 0 Å². The number of hydrogen-bond donors (Lipinski definition) is 4. The van der Waals surface area contributed by atoms with E-state index in [4.69, 9.17) is 5.73 Å². The first-order chi connectivity index (χ1) is 8.49. The summed E-state index contributed by atoms with van der Waals surface area (Å²) in [5.74, 6) is -0.466. The first-order valence-electron chi connectivity index (χ1n) is 5.60. The van der Waals surface area contributed by atoms with Crippen LogP contribution in [-0.4, -0.2) is 23.6 Å². The van der Waals surface area contributed by atoms with Crippen LogP contribution in [0.25, 0.3) is 0 Å². The Labute approximate surface area is 105 Å². The highest BCUT2D eigenvalue weighted by Crippen LogP contribution is 2.16. The number of nitrogens with one attached hydrogen (secondary N) is 2. The molecule has 0 bridgehead atoms. The van der Waals surface area contributed by atoms with Gasteiger partial charge in [0.15, 0.2) is 0 Å². The van der Waals surface area contributed by atoms with Crippen LogP contribution in [0.2, 0.25) is 0 Å². The lowest BCUT2D eigenvalue weighted by Gasteiger charge is -2.09. The Morgan fingerprint density at radius 3 is 2.78 bits per heavy atom. The summed E-state index contributed by atoms with van der Waals surface area (Å²) in [5.41, 5.74) is 6.23. The average Bonchev–Trinajstić information content (AvgIpc) is 2.28. The van der Waals surface area contributed by atoms with Crippen LogP contribution < -0.4 is 16.4 Å². The topological polar surface area (TPSA) is 104 Å². The summed E-state index contributed by atoms with van der Waals surface area (Å²) in [6, 6.07) is 6.47. The van der Waals surface area contributed by atoms with Crippen molar-refractivity contribution in [3.05, 3.63) is 29.8 Å². The summed E-state index contributed by atoms with van der Waals surface area (Å²) < 4.78 is 0. The fourth-order valence-corrected chi connectivity index (χ4v) is 1.35. The molecule has 0 aliphatic rings. The van der Waals surface area contributed by atoms with E-state index in [9.17, 15) is 14.7 Å². The van der Waals surface area contributed by atoms with E-state index in [1.165, 1.54) is 0 Å². The number of amides is 3. The fourth-order valence-electron chi connectivity index (χ4n) is 1.35. The zero-order valence-electron chi connectivity index (χ0n) is 10.1. The molecule has 0 fully saturated rings. The summed E-state index contributed by atoms with van der Waals surface area (Å²) in [7, 11) is 0. The Bertz CT molecular complexity index is 432. The van der Waals surface area contributed by atoms with E-state index in [1.807, 2.05) is 0 Å². The molecule has 1 aromatic carbocycles. The average molecular weight is 251 g/mol. The van der Waals surface area contributed by atoms with E-state index >= 15 is 0 Å². The van der Waals surface area contributed by atoms with Crippen LogP contribution >= 0.6 is 0 Å². The third-order valence-electron chi connectivity index (χ3n) is 2.28. The van der Waals surface area contributed by atoms with E-state index < -0.39 is 18.0 Å². The number of benzene rings is 1. The normalized spacial score (nSPS) is 11.7. The van der Waals surface area contributed by atoms with E-state index in [2.05, 4.69) is 10.6 Å². The minimum Gasteiger partial charge on any atom is -0.389 e. The molecule has 0 saturated carbocycles. The molecule has 5 N–H and O–H groups in total. The lowest BCUT2D eigenvalue weighted by Crippen LogP contribution is -2.31. The summed E-state index contributed by atoms with van der Waals surface area (Å²) in [6.45, 7) is 1.84. The van der Waals surface area contributed by atoms with Crippen molar-refractivity contribution in [2.24, 2.45) is 5.73 Å². The van der Waals surface area contributed by atoms with E-state index in [-0.39, 0.29) is 13.0 Å². The Morgan fingerprint density at radius 2 is 2.17 bits per heavy atom. The zero-order valence-corrected chi connectivity index (χ0v) is 10.1. The second-order valence-corrected chi connectivity index (χ2v) is 3.90. The number of carbonyl (C=O) groups is 2. The van der Waals surface area contributed by atoms with E-state index in [1.54, 1.807) is 31.2 Å². The highest BCUT2D eigenvalue weighted by atomic mass is 16.3. The van der Waals surface area contributed by atoms with Gasteiger partial charge in [-0.1, -0.05) is 12.1 Å². The Balaban J connectivity index is 2.49. The number of urea groups is 1. The molecule has 6 nitrogen and oxygen atoms in total. The molecule has 0 heterocycles. The van der Waals surface area contributed by atoms with Gasteiger partial charge in [0, 0.05) is 18.7 Å². The third-order valence-corrected chi connectivity index (χ3v) is 2.28. The van der Waals surface area contributed by atoms with Gasteiger partial charge in [0.05, 0.1) is 6.10 Å². The molecule has 1 atom stereocenters. The Morgan fingerprint density at radius 1 is 1.44 bits per heavy atom. The standard InChI is InChI=1S/C12H17N3O3/c1-8(16)9-3-2-4-10(7-9)15-12(18)14-6-5-11(13)17/h2-4,7-8,16H,5-6H2,1H3,(H2,13,17)(H2,14,15,18). The highest BCUT2D eigenvalue weighted by molar-refractivity contribution is 5.89. The molecule has 98 valence electrons. The van der Waals surface area contributed by atoms with Gasteiger partial charge < -0.3 is 21.5 Å². The van der Waals surface area contributed by atoms with Crippen molar-refractivity contribution < 1.29 is 14.7 Å². The van der Waals surface area contributed by atoms with Crippen LogP contribution in [0.1, 0.15) is 25.0 Å². The minimum absolute atomic E-state index is 0.0983. The van der Waals surface area contributed by atoms with E-state index in [0.29, 0.717) is 11.3 Å². The van der Waals surface area contributed by atoms with Gasteiger partial charge in [0.1, 0.15) is 0 Å². The van der Waals surface area contributed by atoms with Crippen molar-refractivity contribution in [1.82, 2.24) is 5.32 Å². The predicted molar refractivity (Wildman–Crippen MR) is 67.9 cm³/mol. The number of aliphatic hydroxyl groups is 1. The number of primary amides is 1. The molecule has 0 aliphatic heterocycles. The monoisotopic (exact) mass is 251 g/mol. The number of nitrogens with two attached hydrogens (primary N) is 1. The molecular weight excluding hydrogens is 234 g/mol. The number of anilines is 1. The molecule has 1 aromatic rings. The number of rotatable bonds is 5. The van der Waals surface area contributed by atoms with Crippen molar-refractivity contribution in [2.75, 3.05) is 11.9 Å². The van der Waals surface area contributed by atoms with Gasteiger partial charge in [-0.2, -0.15) is 0 Å². The lowest BCUT2D eigenvalue weighted by atomic mass is 10.1. The summed E-state index contributed by atoms with van der Waals surface area (Å²) in [4.78, 5) is 21.9. The fraction of sp³-hybridized carbons (Fsp3) is 0.333. The second kappa shape index (κ2) is 6.61. The van der Waals surface area contributed by atoms with Crippen molar-refractivity contribution in [1.29, 1.82) is 0 Å². The largest absolute Gasteiger partial charge is 0.389 e. The van der Waals surface area contributed by atoms with Crippen LogP contribution in [0.15, 0.2) is 24.3 Å². The number of aliphatic hydroxyl groups excluding tert-OH is 1. The number of carbonyl (C=O) groups excluding carboxylic acids is 2. The highest BCUT2D eigenvalue weighted by Gasteiger charge is 2.05. The van der Waals surface area contributed by atoms with Crippen molar-refractivity contribution >= 4 is 17.6 Å². The minimum atomic E-state index is -0.593. The molecule has 0 aliphatic carbocycles. The van der Waals surface area contributed by atoms with Crippen LogP contribution in [0.5, 0.6) is 0 Å². The quantitative estimate of drug-likeness (QED) is 0.620. The van der Waals surface area contributed by atoms with Crippen LogP contribution in [-0.2, 0) is 4.79 Å². The molecule has 6 heteroatoms. The van der Waals surface area contributed by atoms with E-state index in [0.717, 1.165) is 0 Å². The smallest absolute Gasteiger partial charge is 0.319 e. The van der Waals surface area contributed by atoms with Gasteiger partial charge in [0.25, 0.3) is 0 Å². The van der Waals surface area contributed by atoms with Crippen molar-refractivity contribution in [3.63, 3.8) is 0 Å². The summed E-state index contributed by atoms with van der Waals surface area (Å²) in [5, 5.41) is 14.5. The summed E-state index contributed by atoms with van der Waals surface area (Å²) in [6.07, 6.45) is -0.495. The maximum Gasteiger partial charge on any atom is 0.319 e.